The quantitative estimate of drug-likeness (QED) is 0.0484. The van der Waals surface area contributed by atoms with Crippen molar-refractivity contribution in [2.75, 3.05) is 102 Å². The number of amides is 12. The topological polar surface area (TPSA) is 353 Å². The maximum Gasteiger partial charge on any atom is 0.322 e. The van der Waals surface area contributed by atoms with Crippen LogP contribution < -0.4 is 36.8 Å². The molecule has 1 saturated heterocycles. The van der Waals surface area contributed by atoms with E-state index in [1.807, 2.05) is 85.2 Å². The number of nitrogens with one attached hydrogen (secondary N) is 11. The lowest BCUT2D eigenvalue weighted by atomic mass is 9.81. The van der Waals surface area contributed by atoms with E-state index >= 15 is 0 Å². The number of aryl methyl sites for hydroxylation is 1. The Labute approximate surface area is 854 Å². The predicted molar refractivity (Wildman–Crippen MR) is 556 cm³/mol. The zero-order valence-electron chi connectivity index (χ0n) is 80.3. The largest absolute Gasteiger partial charge is 0.355 e. The summed E-state index contributed by atoms with van der Waals surface area (Å²) >= 11 is 35.8. The van der Waals surface area contributed by atoms with Crippen LogP contribution in [-0.2, 0) is 82.1 Å². The molecule has 11 aliphatic rings. The van der Waals surface area contributed by atoms with Gasteiger partial charge >= 0.3 is 36.2 Å². The van der Waals surface area contributed by atoms with Gasteiger partial charge in [-0.25, -0.2) is 28.8 Å². The Morgan fingerprint density at radius 2 is 0.796 bits per heavy atom. The van der Waals surface area contributed by atoms with Crippen LogP contribution in [0.3, 0.4) is 0 Å². The number of nitrogens with zero attached hydrogens (tertiary/aromatic N) is 13. The van der Waals surface area contributed by atoms with E-state index < -0.39 is 5.92 Å². The molecule has 13 heterocycles. The smallest absolute Gasteiger partial charge is 0.322 e. The second-order valence-corrected chi connectivity index (χ2v) is 41.5. The van der Waals surface area contributed by atoms with Crippen molar-refractivity contribution < 1.29 is 37.5 Å². The number of benzene rings is 6. The molecule has 11 aromatic rings. The number of anilines is 7. The third kappa shape index (κ3) is 24.5. The maximum absolute atomic E-state index is 14.3. The van der Waals surface area contributed by atoms with Gasteiger partial charge in [-0.3, -0.25) is 30.5 Å². The molecule has 5 aromatic heterocycles. The summed E-state index contributed by atoms with van der Waals surface area (Å²) < 4.78 is 28.6. The number of hydrogen-bond donors (Lipinski definition) is 11. The summed E-state index contributed by atoms with van der Waals surface area (Å²) in [5.41, 5.74) is 22.1. The van der Waals surface area contributed by atoms with Gasteiger partial charge in [-0.15, -0.1) is 0 Å². The lowest BCUT2D eigenvalue weighted by molar-refractivity contribution is 0.0673. The summed E-state index contributed by atoms with van der Waals surface area (Å²) in [5.74, 6) is -0.526. The minimum Gasteiger partial charge on any atom is -0.355 e. The molecule has 3 aliphatic carbocycles. The van der Waals surface area contributed by atoms with Gasteiger partial charge in [0.2, 0.25) is 0 Å². The molecular weight excluding hydrogens is 1930 g/mol. The number of aromatic nitrogens is 10. The van der Waals surface area contributed by atoms with Crippen LogP contribution in [0.2, 0.25) is 30.1 Å². The van der Waals surface area contributed by atoms with Gasteiger partial charge in [0.15, 0.2) is 5.82 Å². The van der Waals surface area contributed by atoms with Crippen LogP contribution in [0.5, 0.6) is 0 Å². The zero-order chi connectivity index (χ0) is 99.5. The molecule has 0 spiro atoms. The molecule has 3 saturated carbocycles. The van der Waals surface area contributed by atoms with Crippen LogP contribution in [0.4, 0.5) is 77.5 Å². The van der Waals surface area contributed by atoms with Gasteiger partial charge in [0, 0.05) is 235 Å². The zero-order valence-corrected chi connectivity index (χ0v) is 84.9. The number of urea groups is 6. The Balaban J connectivity index is 0.000000117. The second-order valence-electron chi connectivity index (χ2n) is 38.9. The number of alkyl halides is 2. The van der Waals surface area contributed by atoms with Gasteiger partial charge in [-0.2, -0.15) is 34.3 Å². The second kappa shape index (κ2) is 45.2. The minimum absolute atomic E-state index is 0.0451. The summed E-state index contributed by atoms with van der Waals surface area (Å²) in [5, 5.41) is 59.3. The van der Waals surface area contributed by atoms with E-state index in [9.17, 15) is 37.5 Å². The third-order valence-electron chi connectivity index (χ3n) is 28.0. The van der Waals surface area contributed by atoms with Crippen molar-refractivity contribution in [3.63, 3.8) is 0 Å². The summed E-state index contributed by atoms with van der Waals surface area (Å²) in [6, 6.07) is 42.1. The van der Waals surface area contributed by atoms with Crippen LogP contribution in [0.25, 0.3) is 0 Å². The number of carbonyl (C=O) groups is 6. The summed E-state index contributed by atoms with van der Waals surface area (Å²) in [4.78, 5) is 92.3. The Morgan fingerprint density at radius 1 is 0.415 bits per heavy atom. The molecule has 0 bridgehead atoms. The predicted octanol–water partition coefficient (Wildman–Crippen LogP) is 23.6. The number of H-pyrrole nitrogens is 5. The van der Waals surface area contributed by atoms with Crippen molar-refractivity contribution in [1.29, 1.82) is 0 Å². The van der Waals surface area contributed by atoms with Gasteiger partial charge in [0.1, 0.15) is 5.71 Å². The van der Waals surface area contributed by atoms with E-state index in [1.54, 1.807) is 96.8 Å². The molecule has 11 N–H and O–H groups in total. The van der Waals surface area contributed by atoms with E-state index in [0.717, 1.165) is 126 Å². The van der Waals surface area contributed by atoms with Gasteiger partial charge in [0.05, 0.1) is 62.0 Å². The van der Waals surface area contributed by atoms with E-state index in [0.29, 0.717) is 161 Å². The Bertz CT molecular complexity index is 6470. The number of hydrogen-bond acceptors (Lipinski definition) is 13. The molecule has 0 radical (unpaired) electrons. The fraction of sp³-hybridized carbons (Fsp3) is 0.423. The van der Waals surface area contributed by atoms with Gasteiger partial charge < -0.3 is 66.2 Å². The van der Waals surface area contributed by atoms with Crippen LogP contribution in [0.1, 0.15) is 203 Å². The van der Waals surface area contributed by atoms with Gasteiger partial charge in [-0.05, 0) is 184 Å². The number of fused-ring (bicyclic) bond motifs is 6. The van der Waals surface area contributed by atoms with Crippen molar-refractivity contribution in [2.45, 2.75) is 212 Å². The molecule has 12 amide bonds. The molecule has 22 rings (SSSR count). The van der Waals surface area contributed by atoms with Gasteiger partial charge in [0.25, 0.3) is 5.92 Å². The third-order valence-corrected chi connectivity index (χ3v) is 29.4. The first-order chi connectivity index (χ1) is 68.5. The fourth-order valence-corrected chi connectivity index (χ4v) is 21.4. The van der Waals surface area contributed by atoms with Crippen molar-refractivity contribution in [2.24, 2.45) is 10.9 Å². The highest BCUT2D eigenvalue weighted by Gasteiger charge is 2.60. The van der Waals surface area contributed by atoms with Crippen molar-refractivity contribution in [1.82, 2.24) is 80.4 Å². The molecule has 38 heteroatoms. The van der Waals surface area contributed by atoms with Crippen molar-refractivity contribution >= 4 is 151 Å². The van der Waals surface area contributed by atoms with E-state index in [2.05, 4.69) is 120 Å². The average Bonchev–Trinajstić information content (AvgIpc) is 1.54. The average molecular weight is 2050 g/mol. The molecule has 4 fully saturated rings. The Morgan fingerprint density at radius 3 is 1.21 bits per heavy atom. The van der Waals surface area contributed by atoms with Crippen LogP contribution in [-0.4, -0.2) is 194 Å². The van der Waals surface area contributed by atoms with Crippen LogP contribution in [0, 0.1) is 5.92 Å². The molecule has 30 nitrogen and oxygen atoms in total. The SMILES string of the molecule is CC(C)(C)c1n[nH]c2c1CN(C(=O)Nc1cccc(Cl)c1)CC2.CCCC(F)(F)C1=NCC2=C1CN(C(=O)Nc1cccc(Cl)c1)CC2.CCCc1n[nH]c2c1CN(C(=O)Nc1cccc(Cl)c1)CC2.O=C(Nc1cccc(Cl)c1)N1CCc2[nH]nc(C34CCCC3C4)c2C1.O=C(Nc1cccc(Cl)c1)N1CCc2[nH]nc(C3CCC3)c2C1.O=C(Nc1cccc(Cl)c1)N1CCc2[nH]nc(N3CCCC3)c2C1. The number of aliphatic imine (C=N–C) groups is 1. The highest BCUT2D eigenvalue weighted by atomic mass is 35.5. The molecule has 2 atom stereocenters. The molecule has 142 heavy (non-hydrogen) atoms. The van der Waals surface area contributed by atoms with E-state index in [-0.39, 0.29) is 60.3 Å². The van der Waals surface area contributed by atoms with Crippen LogP contribution >= 0.6 is 69.6 Å². The standard InChI is InChI=1S/C19H21ClN4O.C18H20ClF2N3O.C17H20ClN5O.C17H19ClN4O.C17H21ClN4O.C16H19ClN4O/c20-13-4-1-5-14(9-13)21-18(25)24-8-6-16-15(11-24)17(23-22-16)19-7-2-3-12(19)10-19;1-2-7-18(20,21)16-15-11-24(8-6-12(15)10-22-16)17(25)23-14-5-3-4-13(19)9-14;18-12-4-3-5-13(10-12)19-17(24)23-9-6-15-14(11-23)16(21-20-15)22-7-1-2-8-22;18-12-5-2-6-13(9-12)19-17(23)22-8-7-15-14(10-22)16(21-20-15)11-3-1-4-11;1-17(2,3)15-13-10-22(8-7-14(13)20-21-15)16(23)19-12-6-4-5-11(18)9-12;1-2-4-14-13-10-21(8-7-15(13)20-19-14)16(22)18-12-6-3-5-11(17)9-12/h1,4-5,9,12H,2-3,6-8,10-11H2,(H,21,25)(H,22,23);3-5,9H,2,6-8,10-11H2,1H3,(H,23,25);3-5,10H,1-2,6-9,11H2,(H,19,24)(H,20,21);2,5-6,9,11H,1,3-4,7-8,10H2,(H,19,23)(H,20,21);4-6,9H,7-8,10H2,1-3H3,(H,19,23)(H,20,21);3,5-6,9H,2,4,7-8,10H2,1H3,(H,18,22)(H,19,20). The Kier molecular flexibility index (Phi) is 32.2. The number of carbonyl (C=O) groups excluding carboxylic acids is 6. The molecule has 2 unspecified atom stereocenters. The molecule has 8 aliphatic heterocycles. The van der Waals surface area contributed by atoms with Crippen LogP contribution in [0.15, 0.2) is 162 Å². The maximum atomic E-state index is 14.3. The van der Waals surface area contributed by atoms with Gasteiger partial charge in [-0.1, -0.05) is 166 Å². The first-order valence-corrected chi connectivity index (χ1v) is 51.3. The summed E-state index contributed by atoms with van der Waals surface area (Å²) in [6.45, 7) is 19.8. The monoisotopic (exact) mass is 2050 g/mol. The first-order valence-electron chi connectivity index (χ1n) is 49.1. The highest BCUT2D eigenvalue weighted by Crippen LogP contribution is 2.65. The lowest BCUT2D eigenvalue weighted by Gasteiger charge is -2.30. The summed E-state index contributed by atoms with van der Waals surface area (Å²) in [6.07, 6.45) is 18.1. The number of aromatic amines is 5. The lowest BCUT2D eigenvalue weighted by Crippen LogP contribution is -2.42. The number of halogens is 8. The normalized spacial score (nSPS) is 18.0. The fourth-order valence-electron chi connectivity index (χ4n) is 20.3. The molecule has 6 aromatic carbocycles. The number of rotatable bonds is 14. The van der Waals surface area contributed by atoms with E-state index in [4.69, 9.17) is 69.6 Å². The Hall–Kier alpha value is -12.2. The minimum atomic E-state index is -2.93. The highest BCUT2D eigenvalue weighted by molar-refractivity contribution is 6.32. The summed E-state index contributed by atoms with van der Waals surface area (Å²) in [7, 11) is 0. The molecule has 748 valence electrons. The molecular formula is C104H120Cl6F2N24O6. The van der Waals surface area contributed by atoms with E-state index in [1.165, 1.54) is 97.3 Å². The first kappa shape index (κ1) is 101. The van der Waals surface area contributed by atoms with Crippen molar-refractivity contribution in [3.05, 3.63) is 266 Å². The van der Waals surface area contributed by atoms with Crippen molar-refractivity contribution in [3.8, 4) is 0 Å².